The van der Waals surface area contributed by atoms with E-state index in [9.17, 15) is 9.59 Å². The standard InChI is InChI=1S/C16H22O4/c1-2-3-12-4-6-13(7-5-12)8-9-14(16(19)20)10-11-15(17)18/h4-7,14H,2-3,8-11H2,1H3,(H,17,18)(H,19,20). The largest absolute Gasteiger partial charge is 0.481 e. The average Bonchev–Trinajstić information content (AvgIpc) is 2.40. The highest BCUT2D eigenvalue weighted by Crippen LogP contribution is 2.16. The van der Waals surface area contributed by atoms with Crippen molar-refractivity contribution in [3.8, 4) is 0 Å². The van der Waals surface area contributed by atoms with Gasteiger partial charge in [0.25, 0.3) is 0 Å². The Morgan fingerprint density at radius 3 is 2.00 bits per heavy atom. The molecule has 4 heteroatoms. The summed E-state index contributed by atoms with van der Waals surface area (Å²) in [6, 6.07) is 8.21. The highest BCUT2D eigenvalue weighted by molar-refractivity contribution is 5.72. The van der Waals surface area contributed by atoms with Crippen molar-refractivity contribution in [2.75, 3.05) is 0 Å². The molecule has 20 heavy (non-hydrogen) atoms. The van der Waals surface area contributed by atoms with Gasteiger partial charge in [0.15, 0.2) is 0 Å². The maximum Gasteiger partial charge on any atom is 0.306 e. The molecule has 2 N–H and O–H groups in total. The summed E-state index contributed by atoms with van der Waals surface area (Å²) in [4.78, 5) is 21.6. The van der Waals surface area contributed by atoms with E-state index in [1.165, 1.54) is 5.56 Å². The Hall–Kier alpha value is -1.84. The quantitative estimate of drug-likeness (QED) is 0.727. The van der Waals surface area contributed by atoms with E-state index in [0.29, 0.717) is 12.8 Å². The van der Waals surface area contributed by atoms with Gasteiger partial charge in [-0.1, -0.05) is 37.6 Å². The minimum atomic E-state index is -0.944. The van der Waals surface area contributed by atoms with E-state index in [1.54, 1.807) is 0 Å². The Morgan fingerprint density at radius 2 is 1.55 bits per heavy atom. The number of carboxylic acid groups (broad SMARTS) is 2. The summed E-state index contributed by atoms with van der Waals surface area (Å²) in [5.74, 6) is -2.43. The Kier molecular flexibility index (Phi) is 6.77. The molecule has 0 spiro atoms. The maximum atomic E-state index is 11.1. The van der Waals surface area contributed by atoms with Gasteiger partial charge in [-0.2, -0.15) is 0 Å². The molecule has 1 unspecified atom stereocenters. The molecule has 0 aliphatic rings. The number of carbonyl (C=O) groups is 2. The Balaban J connectivity index is 2.49. The van der Waals surface area contributed by atoms with Crippen LogP contribution in [-0.4, -0.2) is 22.2 Å². The molecule has 0 heterocycles. The van der Waals surface area contributed by atoms with E-state index in [4.69, 9.17) is 10.2 Å². The molecule has 0 radical (unpaired) electrons. The summed E-state index contributed by atoms with van der Waals surface area (Å²) in [7, 11) is 0. The summed E-state index contributed by atoms with van der Waals surface area (Å²) >= 11 is 0. The third-order valence-electron chi connectivity index (χ3n) is 3.40. The molecule has 0 saturated heterocycles. The Labute approximate surface area is 119 Å². The molecular weight excluding hydrogens is 256 g/mol. The normalized spacial score (nSPS) is 12.1. The second-order valence-corrected chi connectivity index (χ2v) is 5.07. The van der Waals surface area contributed by atoms with Crippen LogP contribution in [0.15, 0.2) is 24.3 Å². The van der Waals surface area contributed by atoms with Crippen LogP contribution in [-0.2, 0) is 22.4 Å². The van der Waals surface area contributed by atoms with E-state index in [1.807, 2.05) is 12.1 Å². The van der Waals surface area contributed by atoms with E-state index in [2.05, 4.69) is 19.1 Å². The van der Waals surface area contributed by atoms with Crippen molar-refractivity contribution < 1.29 is 19.8 Å². The van der Waals surface area contributed by atoms with Crippen LogP contribution in [0.5, 0.6) is 0 Å². The first-order valence-corrected chi connectivity index (χ1v) is 7.05. The van der Waals surface area contributed by atoms with Gasteiger partial charge in [0.05, 0.1) is 5.92 Å². The molecule has 0 fully saturated rings. The van der Waals surface area contributed by atoms with Gasteiger partial charge in [0.2, 0.25) is 0 Å². The molecule has 1 aromatic carbocycles. The highest BCUT2D eigenvalue weighted by Gasteiger charge is 2.18. The molecule has 4 nitrogen and oxygen atoms in total. The fourth-order valence-electron chi connectivity index (χ4n) is 2.19. The smallest absolute Gasteiger partial charge is 0.306 e. The summed E-state index contributed by atoms with van der Waals surface area (Å²) in [6.45, 7) is 2.13. The molecule has 0 amide bonds. The van der Waals surface area contributed by atoms with Gasteiger partial charge in [-0.05, 0) is 36.8 Å². The zero-order valence-corrected chi connectivity index (χ0v) is 11.8. The Morgan fingerprint density at radius 1 is 1.00 bits per heavy atom. The van der Waals surface area contributed by atoms with Gasteiger partial charge in [-0.15, -0.1) is 0 Å². The molecule has 1 aromatic rings. The van der Waals surface area contributed by atoms with Crippen LogP contribution in [0.1, 0.15) is 43.7 Å². The highest BCUT2D eigenvalue weighted by atomic mass is 16.4. The van der Waals surface area contributed by atoms with Crippen LogP contribution in [0.4, 0.5) is 0 Å². The second kappa shape index (κ2) is 8.35. The van der Waals surface area contributed by atoms with Crippen molar-refractivity contribution in [2.45, 2.75) is 45.4 Å². The molecule has 1 atom stereocenters. The topological polar surface area (TPSA) is 74.6 Å². The average molecular weight is 278 g/mol. The van der Waals surface area contributed by atoms with Crippen LogP contribution in [0.2, 0.25) is 0 Å². The van der Waals surface area contributed by atoms with Crippen molar-refractivity contribution in [2.24, 2.45) is 5.92 Å². The number of rotatable bonds is 9. The zero-order valence-electron chi connectivity index (χ0n) is 11.8. The first kappa shape index (κ1) is 16.2. The van der Waals surface area contributed by atoms with Gasteiger partial charge in [-0.25, -0.2) is 0 Å². The van der Waals surface area contributed by atoms with E-state index in [-0.39, 0.29) is 12.8 Å². The molecule has 0 bridgehead atoms. The van der Waals surface area contributed by atoms with E-state index >= 15 is 0 Å². The van der Waals surface area contributed by atoms with E-state index < -0.39 is 17.9 Å². The summed E-state index contributed by atoms with van der Waals surface area (Å²) in [5, 5.41) is 17.7. The minimum absolute atomic E-state index is 0.0909. The second-order valence-electron chi connectivity index (χ2n) is 5.07. The lowest BCUT2D eigenvalue weighted by atomic mass is 9.94. The van der Waals surface area contributed by atoms with Crippen LogP contribution < -0.4 is 0 Å². The number of aliphatic carboxylic acids is 2. The van der Waals surface area contributed by atoms with Crippen LogP contribution in [0, 0.1) is 5.92 Å². The van der Waals surface area contributed by atoms with E-state index in [0.717, 1.165) is 18.4 Å². The lowest BCUT2D eigenvalue weighted by molar-refractivity contribution is -0.143. The van der Waals surface area contributed by atoms with Gasteiger partial charge < -0.3 is 10.2 Å². The molecular formula is C16H22O4. The lowest BCUT2D eigenvalue weighted by Gasteiger charge is -2.11. The van der Waals surface area contributed by atoms with Crippen LogP contribution >= 0.6 is 0 Å². The summed E-state index contributed by atoms with van der Waals surface area (Å²) < 4.78 is 0. The minimum Gasteiger partial charge on any atom is -0.481 e. The zero-order chi connectivity index (χ0) is 15.0. The number of aryl methyl sites for hydroxylation is 2. The predicted molar refractivity (Wildman–Crippen MR) is 76.8 cm³/mol. The maximum absolute atomic E-state index is 11.1. The SMILES string of the molecule is CCCc1ccc(CCC(CCC(=O)O)C(=O)O)cc1. The van der Waals surface area contributed by atoms with Gasteiger partial charge >= 0.3 is 11.9 Å². The summed E-state index contributed by atoms with van der Waals surface area (Å²) in [6.07, 6.45) is 3.41. The molecule has 0 aromatic heterocycles. The monoisotopic (exact) mass is 278 g/mol. The fourth-order valence-corrected chi connectivity index (χ4v) is 2.19. The van der Waals surface area contributed by atoms with Crippen molar-refractivity contribution in [3.05, 3.63) is 35.4 Å². The fraction of sp³-hybridized carbons (Fsp3) is 0.500. The van der Waals surface area contributed by atoms with Gasteiger partial charge in [0, 0.05) is 6.42 Å². The van der Waals surface area contributed by atoms with Crippen molar-refractivity contribution in [1.82, 2.24) is 0 Å². The first-order chi connectivity index (χ1) is 9.52. The molecule has 0 saturated carbocycles. The summed E-state index contributed by atoms with van der Waals surface area (Å²) in [5.41, 5.74) is 2.39. The number of hydrogen-bond donors (Lipinski definition) is 2. The van der Waals surface area contributed by atoms with Crippen molar-refractivity contribution >= 4 is 11.9 Å². The number of carboxylic acids is 2. The number of benzene rings is 1. The van der Waals surface area contributed by atoms with Crippen molar-refractivity contribution in [1.29, 1.82) is 0 Å². The van der Waals surface area contributed by atoms with Crippen LogP contribution in [0.3, 0.4) is 0 Å². The third kappa shape index (κ3) is 5.87. The van der Waals surface area contributed by atoms with Gasteiger partial charge in [0.1, 0.15) is 0 Å². The van der Waals surface area contributed by atoms with Crippen LogP contribution in [0.25, 0.3) is 0 Å². The predicted octanol–water partition coefficient (Wildman–Crippen LogP) is 3.14. The lowest BCUT2D eigenvalue weighted by Crippen LogP contribution is -2.16. The third-order valence-corrected chi connectivity index (χ3v) is 3.40. The Bertz CT molecular complexity index is 436. The molecule has 1 rings (SSSR count). The molecule has 0 aliphatic heterocycles. The molecule has 0 aliphatic carbocycles. The van der Waals surface area contributed by atoms with Crippen molar-refractivity contribution in [3.63, 3.8) is 0 Å². The first-order valence-electron chi connectivity index (χ1n) is 7.05. The number of hydrogen-bond acceptors (Lipinski definition) is 2. The van der Waals surface area contributed by atoms with Gasteiger partial charge in [-0.3, -0.25) is 9.59 Å². The molecule has 110 valence electrons.